The molecule has 14 heavy (non-hydrogen) atoms. The molecule has 1 aliphatic carbocycles. The Morgan fingerprint density at radius 1 is 1.50 bits per heavy atom. The molecule has 0 bridgehead atoms. The molecule has 1 aromatic carbocycles. The van der Waals surface area contributed by atoms with Gasteiger partial charge in [-0.05, 0) is 43.0 Å². The van der Waals surface area contributed by atoms with Gasteiger partial charge in [0.1, 0.15) is 5.82 Å². The van der Waals surface area contributed by atoms with E-state index in [1.807, 2.05) is 6.92 Å². The Hall–Kier alpha value is -0.930. The molecule has 0 amide bonds. The van der Waals surface area contributed by atoms with Crippen LogP contribution in [0.15, 0.2) is 18.2 Å². The molecular formula is C11H14FNO. The third-order valence-corrected chi connectivity index (χ3v) is 2.98. The van der Waals surface area contributed by atoms with Gasteiger partial charge in [-0.3, -0.25) is 0 Å². The van der Waals surface area contributed by atoms with Crippen molar-refractivity contribution in [1.29, 1.82) is 0 Å². The smallest absolute Gasteiger partial charge is 0.123 e. The molecule has 3 heteroatoms. The van der Waals surface area contributed by atoms with Crippen LogP contribution in [0.2, 0.25) is 0 Å². The quantitative estimate of drug-likeness (QED) is 0.749. The van der Waals surface area contributed by atoms with Crippen LogP contribution in [0.1, 0.15) is 24.0 Å². The zero-order valence-electron chi connectivity index (χ0n) is 8.22. The molecular weight excluding hydrogens is 181 g/mol. The molecule has 2 nitrogen and oxygen atoms in total. The summed E-state index contributed by atoms with van der Waals surface area (Å²) in [7, 11) is 0. The Balaban J connectivity index is 2.35. The van der Waals surface area contributed by atoms with Gasteiger partial charge in [-0.15, -0.1) is 0 Å². The predicted molar refractivity (Wildman–Crippen MR) is 52.2 cm³/mol. The second-order valence-electron chi connectivity index (χ2n) is 4.05. The van der Waals surface area contributed by atoms with Crippen LogP contribution in [0.5, 0.6) is 0 Å². The van der Waals surface area contributed by atoms with Crippen LogP contribution in [0.4, 0.5) is 4.39 Å². The van der Waals surface area contributed by atoms with Gasteiger partial charge in [0.25, 0.3) is 0 Å². The molecule has 1 saturated carbocycles. The average Bonchev–Trinajstić information content (AvgIpc) is 2.91. The summed E-state index contributed by atoms with van der Waals surface area (Å²) in [5.41, 5.74) is 2.14. The van der Waals surface area contributed by atoms with Crippen LogP contribution in [0, 0.1) is 12.7 Å². The van der Waals surface area contributed by atoms with E-state index < -0.39 is 0 Å². The van der Waals surface area contributed by atoms with Gasteiger partial charge >= 0.3 is 0 Å². The molecule has 0 aromatic heterocycles. The van der Waals surface area contributed by atoms with Gasteiger partial charge in [-0.2, -0.15) is 0 Å². The lowest BCUT2D eigenvalue weighted by Crippen LogP contribution is -2.19. The third-order valence-electron chi connectivity index (χ3n) is 2.98. The van der Waals surface area contributed by atoms with Crippen molar-refractivity contribution in [3.8, 4) is 0 Å². The SMILES string of the molecule is Cc1ccc(F)cc1C1(CON)CC1. The van der Waals surface area contributed by atoms with E-state index in [1.165, 1.54) is 6.07 Å². The van der Waals surface area contributed by atoms with Crippen molar-refractivity contribution in [3.05, 3.63) is 35.1 Å². The highest BCUT2D eigenvalue weighted by Crippen LogP contribution is 2.49. The van der Waals surface area contributed by atoms with Crippen LogP contribution in [-0.2, 0) is 10.3 Å². The van der Waals surface area contributed by atoms with Crippen molar-refractivity contribution >= 4 is 0 Å². The molecule has 0 saturated heterocycles. The first kappa shape index (κ1) is 9.62. The zero-order valence-corrected chi connectivity index (χ0v) is 8.22. The fourth-order valence-corrected chi connectivity index (χ4v) is 1.97. The summed E-state index contributed by atoms with van der Waals surface area (Å²) in [6.07, 6.45) is 2.07. The van der Waals surface area contributed by atoms with Gasteiger partial charge in [-0.25, -0.2) is 10.3 Å². The van der Waals surface area contributed by atoms with Crippen molar-refractivity contribution in [3.63, 3.8) is 0 Å². The Bertz CT molecular complexity index is 347. The van der Waals surface area contributed by atoms with Crippen molar-refractivity contribution in [2.45, 2.75) is 25.2 Å². The summed E-state index contributed by atoms with van der Waals surface area (Å²) in [4.78, 5) is 4.70. The van der Waals surface area contributed by atoms with Gasteiger partial charge < -0.3 is 4.84 Å². The average molecular weight is 195 g/mol. The monoisotopic (exact) mass is 195 g/mol. The highest BCUT2D eigenvalue weighted by Gasteiger charge is 2.45. The molecule has 0 spiro atoms. The number of halogens is 1. The number of aryl methyl sites for hydroxylation is 1. The van der Waals surface area contributed by atoms with Crippen molar-refractivity contribution in [2.24, 2.45) is 5.90 Å². The van der Waals surface area contributed by atoms with E-state index in [0.717, 1.165) is 24.0 Å². The molecule has 2 rings (SSSR count). The second-order valence-corrected chi connectivity index (χ2v) is 4.05. The summed E-state index contributed by atoms with van der Waals surface area (Å²) in [5, 5.41) is 0. The van der Waals surface area contributed by atoms with Crippen LogP contribution in [0.3, 0.4) is 0 Å². The standard InChI is InChI=1S/C11H14FNO/c1-8-2-3-9(12)6-10(8)11(4-5-11)7-14-13/h2-3,6H,4-5,7,13H2,1H3. The number of hydrogen-bond donors (Lipinski definition) is 1. The number of rotatable bonds is 3. The predicted octanol–water partition coefficient (Wildman–Crippen LogP) is 2.06. The minimum absolute atomic E-state index is 0.0130. The fraction of sp³-hybridized carbons (Fsp3) is 0.455. The number of benzene rings is 1. The Labute approximate surface area is 82.8 Å². The van der Waals surface area contributed by atoms with Crippen molar-refractivity contribution < 1.29 is 9.23 Å². The van der Waals surface area contributed by atoms with Crippen molar-refractivity contribution in [1.82, 2.24) is 0 Å². The summed E-state index contributed by atoms with van der Waals surface area (Å²) in [5.74, 6) is 4.90. The van der Waals surface area contributed by atoms with Gasteiger partial charge in [0.05, 0.1) is 6.61 Å². The second kappa shape index (κ2) is 3.33. The number of nitrogens with two attached hydrogens (primary N) is 1. The minimum Gasteiger partial charge on any atom is -0.304 e. The molecule has 1 aromatic rings. The molecule has 0 heterocycles. The summed E-state index contributed by atoms with van der Waals surface area (Å²) in [6, 6.07) is 4.89. The minimum atomic E-state index is -0.186. The van der Waals surface area contributed by atoms with E-state index in [2.05, 4.69) is 0 Å². The molecule has 1 fully saturated rings. The first-order chi connectivity index (χ1) is 6.68. The van der Waals surface area contributed by atoms with E-state index >= 15 is 0 Å². The molecule has 0 atom stereocenters. The lowest BCUT2D eigenvalue weighted by molar-refractivity contribution is 0.116. The van der Waals surface area contributed by atoms with E-state index in [9.17, 15) is 4.39 Å². The third kappa shape index (κ3) is 1.53. The summed E-state index contributed by atoms with van der Waals surface area (Å²) < 4.78 is 13.1. The maximum absolute atomic E-state index is 13.1. The molecule has 76 valence electrons. The van der Waals surface area contributed by atoms with Crippen LogP contribution in [-0.4, -0.2) is 6.61 Å². The number of hydrogen-bond acceptors (Lipinski definition) is 2. The zero-order chi connectivity index (χ0) is 10.2. The normalized spacial score (nSPS) is 18.2. The van der Waals surface area contributed by atoms with E-state index in [4.69, 9.17) is 10.7 Å². The summed E-state index contributed by atoms with van der Waals surface area (Å²) in [6.45, 7) is 2.47. The molecule has 2 N–H and O–H groups in total. The highest BCUT2D eigenvalue weighted by molar-refractivity contribution is 5.38. The van der Waals surface area contributed by atoms with Crippen molar-refractivity contribution in [2.75, 3.05) is 6.61 Å². The Morgan fingerprint density at radius 2 is 2.21 bits per heavy atom. The van der Waals surface area contributed by atoms with E-state index in [-0.39, 0.29) is 11.2 Å². The Kier molecular flexibility index (Phi) is 2.29. The lowest BCUT2D eigenvalue weighted by atomic mass is 9.92. The molecule has 0 unspecified atom stereocenters. The topological polar surface area (TPSA) is 35.2 Å². The van der Waals surface area contributed by atoms with E-state index in [1.54, 1.807) is 12.1 Å². The molecule has 1 aliphatic rings. The highest BCUT2D eigenvalue weighted by atomic mass is 19.1. The first-order valence-corrected chi connectivity index (χ1v) is 4.76. The molecule has 0 radical (unpaired) electrons. The van der Waals surface area contributed by atoms with Crippen LogP contribution >= 0.6 is 0 Å². The fourth-order valence-electron chi connectivity index (χ4n) is 1.97. The van der Waals surface area contributed by atoms with Crippen LogP contribution < -0.4 is 5.90 Å². The first-order valence-electron chi connectivity index (χ1n) is 4.76. The largest absolute Gasteiger partial charge is 0.304 e. The maximum Gasteiger partial charge on any atom is 0.123 e. The van der Waals surface area contributed by atoms with E-state index in [0.29, 0.717) is 6.61 Å². The van der Waals surface area contributed by atoms with Gasteiger partial charge in [0, 0.05) is 5.41 Å². The van der Waals surface area contributed by atoms with Gasteiger partial charge in [0.15, 0.2) is 0 Å². The van der Waals surface area contributed by atoms with Crippen LogP contribution in [0.25, 0.3) is 0 Å². The molecule has 0 aliphatic heterocycles. The van der Waals surface area contributed by atoms with Gasteiger partial charge in [0.2, 0.25) is 0 Å². The summed E-state index contributed by atoms with van der Waals surface area (Å²) >= 11 is 0. The Morgan fingerprint density at radius 3 is 2.79 bits per heavy atom. The lowest BCUT2D eigenvalue weighted by Gasteiger charge is -2.16. The maximum atomic E-state index is 13.1. The van der Waals surface area contributed by atoms with Gasteiger partial charge in [-0.1, -0.05) is 6.07 Å².